The predicted octanol–water partition coefficient (Wildman–Crippen LogP) is 1.26. The zero-order valence-corrected chi connectivity index (χ0v) is 10.3. The zero-order valence-electron chi connectivity index (χ0n) is 9.52. The van der Waals surface area contributed by atoms with E-state index in [4.69, 9.17) is 11.6 Å². The Morgan fingerprint density at radius 2 is 1.94 bits per heavy atom. The Labute approximate surface area is 108 Å². The van der Waals surface area contributed by atoms with Crippen molar-refractivity contribution in [3.8, 4) is 0 Å². The van der Waals surface area contributed by atoms with Crippen LogP contribution < -0.4 is 5.32 Å². The van der Waals surface area contributed by atoms with E-state index < -0.39 is 17.4 Å². The molecule has 1 fully saturated rings. The SMILES string of the molecule is O=C(NC1(C(=O)O)CCCC1)c1cnc(Cl)cn1. The summed E-state index contributed by atoms with van der Waals surface area (Å²) in [6, 6.07) is 0. The van der Waals surface area contributed by atoms with Crippen molar-refractivity contribution >= 4 is 23.5 Å². The summed E-state index contributed by atoms with van der Waals surface area (Å²) >= 11 is 5.57. The fraction of sp³-hybridized carbons (Fsp3) is 0.455. The van der Waals surface area contributed by atoms with Gasteiger partial charge in [-0.05, 0) is 12.8 Å². The number of carboxylic acid groups (broad SMARTS) is 1. The number of amides is 1. The van der Waals surface area contributed by atoms with Gasteiger partial charge < -0.3 is 10.4 Å². The second-order valence-electron chi connectivity index (χ2n) is 4.27. The van der Waals surface area contributed by atoms with Crippen molar-refractivity contribution in [2.45, 2.75) is 31.2 Å². The summed E-state index contributed by atoms with van der Waals surface area (Å²) < 4.78 is 0. The van der Waals surface area contributed by atoms with Gasteiger partial charge in [-0.3, -0.25) is 4.79 Å². The van der Waals surface area contributed by atoms with Crippen molar-refractivity contribution in [2.75, 3.05) is 0 Å². The summed E-state index contributed by atoms with van der Waals surface area (Å²) in [7, 11) is 0. The first-order valence-corrected chi connectivity index (χ1v) is 5.95. The Hall–Kier alpha value is -1.69. The minimum atomic E-state index is -1.17. The highest BCUT2D eigenvalue weighted by molar-refractivity contribution is 6.29. The summed E-state index contributed by atoms with van der Waals surface area (Å²) in [5, 5.41) is 12.0. The molecular weight excluding hydrogens is 258 g/mol. The van der Waals surface area contributed by atoms with Crippen LogP contribution in [0.25, 0.3) is 0 Å². The molecule has 0 aliphatic heterocycles. The number of carbonyl (C=O) groups excluding carboxylic acids is 1. The summed E-state index contributed by atoms with van der Waals surface area (Å²) in [5.41, 5.74) is -1.11. The molecule has 1 aromatic rings. The molecule has 0 saturated heterocycles. The van der Waals surface area contributed by atoms with Gasteiger partial charge in [0.25, 0.3) is 5.91 Å². The fourth-order valence-corrected chi connectivity index (χ4v) is 2.18. The van der Waals surface area contributed by atoms with E-state index in [-0.39, 0.29) is 10.8 Å². The van der Waals surface area contributed by atoms with Gasteiger partial charge in [-0.1, -0.05) is 24.4 Å². The molecule has 18 heavy (non-hydrogen) atoms. The first kappa shape index (κ1) is 12.8. The van der Waals surface area contributed by atoms with Gasteiger partial charge in [-0.15, -0.1) is 0 Å². The Kier molecular flexibility index (Phi) is 3.47. The van der Waals surface area contributed by atoms with E-state index in [0.717, 1.165) is 12.8 Å². The number of nitrogens with one attached hydrogen (secondary N) is 1. The molecule has 1 saturated carbocycles. The van der Waals surface area contributed by atoms with E-state index in [2.05, 4.69) is 15.3 Å². The molecule has 0 aromatic carbocycles. The summed E-state index contributed by atoms with van der Waals surface area (Å²) in [6.45, 7) is 0. The van der Waals surface area contributed by atoms with E-state index in [9.17, 15) is 14.7 Å². The molecule has 0 spiro atoms. The van der Waals surface area contributed by atoms with E-state index in [1.54, 1.807) is 0 Å². The molecule has 0 unspecified atom stereocenters. The van der Waals surface area contributed by atoms with Crippen molar-refractivity contribution in [1.29, 1.82) is 0 Å². The summed E-state index contributed by atoms with van der Waals surface area (Å²) in [5.74, 6) is -1.54. The standard InChI is InChI=1S/C11H12ClN3O3/c12-8-6-13-7(5-14-8)9(16)15-11(10(17)18)3-1-2-4-11/h5-6H,1-4H2,(H,15,16)(H,17,18). The molecule has 1 aliphatic rings. The third-order valence-electron chi connectivity index (χ3n) is 3.07. The average Bonchev–Trinajstić information content (AvgIpc) is 2.79. The predicted molar refractivity (Wildman–Crippen MR) is 63.3 cm³/mol. The first-order valence-electron chi connectivity index (χ1n) is 5.57. The highest BCUT2D eigenvalue weighted by Gasteiger charge is 2.42. The Morgan fingerprint density at radius 3 is 2.44 bits per heavy atom. The average molecular weight is 270 g/mol. The molecule has 2 rings (SSSR count). The molecule has 96 valence electrons. The number of rotatable bonds is 3. The molecule has 1 heterocycles. The second-order valence-corrected chi connectivity index (χ2v) is 4.66. The lowest BCUT2D eigenvalue weighted by Gasteiger charge is -2.24. The maximum absolute atomic E-state index is 11.9. The van der Waals surface area contributed by atoms with Crippen LogP contribution in [0.3, 0.4) is 0 Å². The maximum Gasteiger partial charge on any atom is 0.329 e. The molecule has 0 atom stereocenters. The smallest absolute Gasteiger partial charge is 0.329 e. The van der Waals surface area contributed by atoms with Gasteiger partial charge in [0.1, 0.15) is 16.4 Å². The lowest BCUT2D eigenvalue weighted by molar-refractivity contribution is -0.144. The molecule has 1 aliphatic carbocycles. The molecule has 0 radical (unpaired) electrons. The van der Waals surface area contributed by atoms with Crippen molar-refractivity contribution in [3.63, 3.8) is 0 Å². The van der Waals surface area contributed by atoms with E-state index in [0.29, 0.717) is 12.8 Å². The monoisotopic (exact) mass is 269 g/mol. The highest BCUT2D eigenvalue weighted by Crippen LogP contribution is 2.30. The third kappa shape index (κ3) is 2.43. The van der Waals surface area contributed by atoms with Gasteiger partial charge in [0.05, 0.1) is 12.4 Å². The van der Waals surface area contributed by atoms with Crippen molar-refractivity contribution in [3.05, 3.63) is 23.2 Å². The van der Waals surface area contributed by atoms with Crippen molar-refractivity contribution < 1.29 is 14.7 Å². The molecule has 0 bridgehead atoms. The Balaban J connectivity index is 2.15. The first-order chi connectivity index (χ1) is 8.53. The summed E-state index contributed by atoms with van der Waals surface area (Å²) in [6.07, 6.45) is 4.93. The zero-order chi connectivity index (χ0) is 13.2. The minimum absolute atomic E-state index is 0.0620. The topological polar surface area (TPSA) is 92.2 Å². The third-order valence-corrected chi connectivity index (χ3v) is 3.27. The van der Waals surface area contributed by atoms with Crippen LogP contribution in [0.1, 0.15) is 36.2 Å². The fourth-order valence-electron chi connectivity index (χ4n) is 2.08. The van der Waals surface area contributed by atoms with Crippen LogP contribution >= 0.6 is 11.6 Å². The molecule has 2 N–H and O–H groups in total. The van der Waals surface area contributed by atoms with Gasteiger partial charge in [-0.2, -0.15) is 0 Å². The highest BCUT2D eigenvalue weighted by atomic mass is 35.5. The number of aliphatic carboxylic acids is 1. The Bertz CT molecular complexity index is 469. The van der Waals surface area contributed by atoms with Crippen LogP contribution in [0.4, 0.5) is 0 Å². The van der Waals surface area contributed by atoms with Gasteiger partial charge in [0, 0.05) is 0 Å². The number of carboxylic acids is 1. The molecule has 1 aromatic heterocycles. The van der Waals surface area contributed by atoms with Gasteiger partial charge >= 0.3 is 5.97 Å². The van der Waals surface area contributed by atoms with Gasteiger partial charge in [0.15, 0.2) is 0 Å². The number of nitrogens with zero attached hydrogens (tertiary/aromatic N) is 2. The molecule has 7 heteroatoms. The van der Waals surface area contributed by atoms with E-state index in [1.807, 2.05) is 0 Å². The molecule has 6 nitrogen and oxygen atoms in total. The minimum Gasteiger partial charge on any atom is -0.480 e. The van der Waals surface area contributed by atoms with Gasteiger partial charge in [0.2, 0.25) is 0 Å². The second kappa shape index (κ2) is 4.89. The number of halogens is 1. The number of aromatic nitrogens is 2. The molecule has 1 amide bonds. The van der Waals surface area contributed by atoms with E-state index >= 15 is 0 Å². The number of hydrogen-bond donors (Lipinski definition) is 2. The maximum atomic E-state index is 11.9. The normalized spacial score (nSPS) is 17.4. The van der Waals surface area contributed by atoms with Crippen LogP contribution in [0.2, 0.25) is 5.15 Å². The lowest BCUT2D eigenvalue weighted by atomic mass is 9.97. The Morgan fingerprint density at radius 1 is 1.28 bits per heavy atom. The van der Waals surface area contributed by atoms with Gasteiger partial charge in [-0.25, -0.2) is 14.8 Å². The lowest BCUT2D eigenvalue weighted by Crippen LogP contribution is -2.52. The van der Waals surface area contributed by atoms with Crippen LogP contribution in [0.5, 0.6) is 0 Å². The number of carbonyl (C=O) groups is 2. The number of hydrogen-bond acceptors (Lipinski definition) is 4. The summed E-state index contributed by atoms with van der Waals surface area (Å²) in [4.78, 5) is 30.7. The van der Waals surface area contributed by atoms with Crippen LogP contribution in [-0.4, -0.2) is 32.5 Å². The quantitative estimate of drug-likeness (QED) is 0.862. The molecular formula is C11H12ClN3O3. The van der Waals surface area contributed by atoms with E-state index in [1.165, 1.54) is 12.4 Å². The van der Waals surface area contributed by atoms with Crippen molar-refractivity contribution in [2.24, 2.45) is 0 Å². The largest absolute Gasteiger partial charge is 0.480 e. The van der Waals surface area contributed by atoms with Crippen molar-refractivity contribution in [1.82, 2.24) is 15.3 Å². The van der Waals surface area contributed by atoms with Crippen LogP contribution in [0.15, 0.2) is 12.4 Å². The van der Waals surface area contributed by atoms with Crippen LogP contribution in [0, 0.1) is 0 Å². The van der Waals surface area contributed by atoms with Crippen LogP contribution in [-0.2, 0) is 4.79 Å².